The van der Waals surface area contributed by atoms with E-state index in [1.165, 1.54) is 31.4 Å². The number of carbonyl (C=O) groups is 1. The number of carbonyl (C=O) groups excluding carboxylic acids is 1. The second-order valence-electron chi connectivity index (χ2n) is 6.72. The molecular formula is C19H22BrN2O7P. The van der Waals surface area contributed by atoms with E-state index in [-0.39, 0.29) is 23.1 Å². The molecule has 2 atom stereocenters. The van der Waals surface area contributed by atoms with Crippen LogP contribution in [0.4, 0.5) is 5.69 Å². The molecule has 0 amide bonds. The summed E-state index contributed by atoms with van der Waals surface area (Å²) in [6.45, 7) is 3.80. The van der Waals surface area contributed by atoms with Crippen LogP contribution in [-0.2, 0) is 14.1 Å². The van der Waals surface area contributed by atoms with E-state index in [4.69, 9.17) is 13.8 Å². The van der Waals surface area contributed by atoms with Crippen LogP contribution in [0.15, 0.2) is 53.0 Å². The Bertz CT molecular complexity index is 919. The predicted octanol–water partition coefficient (Wildman–Crippen LogP) is 5.10. The fourth-order valence-electron chi connectivity index (χ4n) is 2.48. The summed E-state index contributed by atoms with van der Waals surface area (Å²) in [5, 5.41) is 13.5. The van der Waals surface area contributed by atoms with Gasteiger partial charge in [0, 0.05) is 16.6 Å². The van der Waals surface area contributed by atoms with E-state index >= 15 is 0 Å². The molecule has 2 aromatic carbocycles. The maximum atomic E-state index is 13.6. The van der Waals surface area contributed by atoms with Crippen molar-refractivity contribution in [2.75, 3.05) is 7.11 Å². The smallest absolute Gasteiger partial charge is 0.468 e. The van der Waals surface area contributed by atoms with Crippen LogP contribution >= 0.6 is 23.7 Å². The van der Waals surface area contributed by atoms with E-state index in [0.717, 1.165) is 4.47 Å². The summed E-state index contributed by atoms with van der Waals surface area (Å²) in [5.41, 5.74) is -0.147. The van der Waals surface area contributed by atoms with E-state index in [1.807, 2.05) is 13.8 Å². The van der Waals surface area contributed by atoms with Crippen molar-refractivity contribution in [3.05, 3.63) is 63.1 Å². The van der Waals surface area contributed by atoms with Crippen LogP contribution in [0, 0.1) is 16.0 Å². The second-order valence-corrected chi connectivity index (χ2v) is 9.25. The molecule has 0 radical (unpaired) electrons. The SMILES string of the molecule is COC(=O)[C@H](CC(C)C)NP(=O)(Oc1ccc(Br)cc1)Oc1ccc([N+](=O)[O-])cc1. The number of non-ortho nitro benzene ring substituents is 1. The highest BCUT2D eigenvalue weighted by molar-refractivity contribution is 9.10. The Balaban J connectivity index is 2.34. The van der Waals surface area contributed by atoms with Crippen LogP contribution in [0.2, 0.25) is 0 Å². The molecule has 0 aliphatic heterocycles. The Hall–Kier alpha value is -2.42. The van der Waals surface area contributed by atoms with Crippen LogP contribution in [0.1, 0.15) is 20.3 Å². The lowest BCUT2D eigenvalue weighted by Crippen LogP contribution is -2.38. The van der Waals surface area contributed by atoms with Crippen LogP contribution in [-0.4, -0.2) is 24.0 Å². The maximum Gasteiger partial charge on any atom is 0.513 e. The van der Waals surface area contributed by atoms with E-state index in [1.54, 1.807) is 24.3 Å². The average Bonchev–Trinajstić information content (AvgIpc) is 2.68. The minimum absolute atomic E-state index is 0.0710. The summed E-state index contributed by atoms with van der Waals surface area (Å²) in [5.74, 6) is -0.219. The molecule has 162 valence electrons. The number of hydrogen-bond acceptors (Lipinski definition) is 7. The number of esters is 1. The fourth-order valence-corrected chi connectivity index (χ4v) is 4.28. The van der Waals surface area contributed by atoms with Crippen LogP contribution < -0.4 is 14.1 Å². The number of hydrogen-bond donors (Lipinski definition) is 1. The number of nitro benzene ring substituents is 1. The van der Waals surface area contributed by atoms with Crippen LogP contribution in [0.25, 0.3) is 0 Å². The summed E-state index contributed by atoms with van der Waals surface area (Å²) >= 11 is 3.31. The highest BCUT2D eigenvalue weighted by Gasteiger charge is 2.36. The van der Waals surface area contributed by atoms with Crippen molar-refractivity contribution in [3.63, 3.8) is 0 Å². The topological polar surface area (TPSA) is 117 Å². The minimum Gasteiger partial charge on any atom is -0.468 e. The molecular weight excluding hydrogens is 479 g/mol. The number of nitrogens with zero attached hydrogens (tertiary/aromatic N) is 1. The molecule has 0 fully saturated rings. The first-order chi connectivity index (χ1) is 14.1. The molecule has 0 aliphatic carbocycles. The molecule has 0 saturated carbocycles. The zero-order valence-electron chi connectivity index (χ0n) is 16.6. The highest BCUT2D eigenvalue weighted by atomic mass is 79.9. The summed E-state index contributed by atoms with van der Waals surface area (Å²) in [6, 6.07) is 10.6. The number of rotatable bonds is 10. The number of methoxy groups -OCH3 is 1. The van der Waals surface area contributed by atoms with Crippen LogP contribution in [0.3, 0.4) is 0 Å². The molecule has 0 saturated heterocycles. The fraction of sp³-hybridized carbons (Fsp3) is 0.316. The Labute approximate surface area is 182 Å². The van der Waals surface area contributed by atoms with Crippen molar-refractivity contribution in [3.8, 4) is 11.5 Å². The molecule has 2 aromatic rings. The number of halogens is 1. The molecule has 0 aliphatic rings. The first-order valence-corrected chi connectivity index (χ1v) is 11.3. The minimum atomic E-state index is -4.13. The standard InChI is InChI=1S/C19H22BrN2O7P/c1-13(2)12-18(19(23)27-3)21-30(26,28-16-8-4-14(20)5-9-16)29-17-10-6-15(7-11-17)22(24)25/h4-11,13,18H,12H2,1-3H3,(H,21,26)/t18-,30?/m0/s1. The Morgan fingerprint density at radius 3 is 2.03 bits per heavy atom. The number of benzene rings is 2. The molecule has 30 heavy (non-hydrogen) atoms. The van der Waals surface area contributed by atoms with E-state index in [0.29, 0.717) is 6.42 Å². The van der Waals surface area contributed by atoms with Crippen molar-refractivity contribution in [2.45, 2.75) is 26.3 Å². The largest absolute Gasteiger partial charge is 0.513 e. The molecule has 0 bridgehead atoms. The monoisotopic (exact) mass is 500 g/mol. The normalized spacial score (nSPS) is 13.9. The predicted molar refractivity (Wildman–Crippen MR) is 114 cm³/mol. The van der Waals surface area contributed by atoms with Gasteiger partial charge in [-0.25, -0.2) is 4.57 Å². The third-order valence-corrected chi connectivity index (χ3v) is 5.88. The third kappa shape index (κ3) is 7.12. The van der Waals surface area contributed by atoms with Gasteiger partial charge >= 0.3 is 13.7 Å². The number of nitrogens with one attached hydrogen (secondary N) is 1. The van der Waals surface area contributed by atoms with E-state index in [2.05, 4.69) is 21.0 Å². The average molecular weight is 501 g/mol. The number of ether oxygens (including phenoxy) is 1. The van der Waals surface area contributed by atoms with E-state index in [9.17, 15) is 19.5 Å². The van der Waals surface area contributed by atoms with Gasteiger partial charge in [0.1, 0.15) is 17.5 Å². The summed E-state index contributed by atoms with van der Waals surface area (Å²) in [6.07, 6.45) is 0.323. The summed E-state index contributed by atoms with van der Waals surface area (Å²) < 4.78 is 30.3. The van der Waals surface area contributed by atoms with Crippen LogP contribution in [0.5, 0.6) is 11.5 Å². The molecule has 1 N–H and O–H groups in total. The van der Waals surface area contributed by atoms with Gasteiger partial charge in [0.05, 0.1) is 12.0 Å². The molecule has 2 rings (SSSR count). The Morgan fingerprint density at radius 1 is 1.10 bits per heavy atom. The van der Waals surface area contributed by atoms with Crippen molar-refractivity contribution in [2.24, 2.45) is 5.92 Å². The molecule has 0 spiro atoms. The lowest BCUT2D eigenvalue weighted by molar-refractivity contribution is -0.384. The Morgan fingerprint density at radius 2 is 1.60 bits per heavy atom. The molecule has 1 unspecified atom stereocenters. The lowest BCUT2D eigenvalue weighted by atomic mass is 10.1. The van der Waals surface area contributed by atoms with Gasteiger partial charge in [0.15, 0.2) is 0 Å². The maximum absolute atomic E-state index is 13.6. The third-order valence-electron chi connectivity index (χ3n) is 3.82. The Kier molecular flexibility index (Phi) is 8.40. The van der Waals surface area contributed by atoms with E-state index < -0.39 is 24.7 Å². The molecule has 9 nitrogen and oxygen atoms in total. The van der Waals surface area contributed by atoms with Crippen molar-refractivity contribution in [1.29, 1.82) is 0 Å². The molecule has 11 heteroatoms. The summed E-state index contributed by atoms with van der Waals surface area (Å²) in [4.78, 5) is 22.5. The van der Waals surface area contributed by atoms with Gasteiger partial charge in [-0.15, -0.1) is 0 Å². The first-order valence-electron chi connectivity index (χ1n) is 8.97. The van der Waals surface area contributed by atoms with Gasteiger partial charge in [-0.05, 0) is 48.7 Å². The molecule has 0 heterocycles. The zero-order valence-corrected chi connectivity index (χ0v) is 19.1. The quantitative estimate of drug-likeness (QED) is 0.207. The zero-order chi connectivity index (χ0) is 22.3. The van der Waals surface area contributed by atoms with Gasteiger partial charge in [-0.3, -0.25) is 14.9 Å². The van der Waals surface area contributed by atoms with Gasteiger partial charge in [-0.2, -0.15) is 5.09 Å². The first kappa shape index (κ1) is 23.9. The summed E-state index contributed by atoms with van der Waals surface area (Å²) in [7, 11) is -2.90. The van der Waals surface area contributed by atoms with Crippen molar-refractivity contribution >= 4 is 35.3 Å². The van der Waals surface area contributed by atoms with Gasteiger partial charge in [0.25, 0.3) is 5.69 Å². The van der Waals surface area contributed by atoms with Gasteiger partial charge < -0.3 is 13.8 Å². The van der Waals surface area contributed by atoms with Gasteiger partial charge in [-0.1, -0.05) is 29.8 Å². The molecule has 0 aromatic heterocycles. The van der Waals surface area contributed by atoms with Crippen molar-refractivity contribution < 1.29 is 28.1 Å². The lowest BCUT2D eigenvalue weighted by Gasteiger charge is -2.25. The highest BCUT2D eigenvalue weighted by Crippen LogP contribution is 2.46. The second kappa shape index (κ2) is 10.6. The van der Waals surface area contributed by atoms with Gasteiger partial charge in [0.2, 0.25) is 0 Å². The van der Waals surface area contributed by atoms with Crippen molar-refractivity contribution in [1.82, 2.24) is 5.09 Å². The number of nitro groups is 1.